The number of hydrogen-bond acceptors (Lipinski definition) is 8. The fourth-order valence-electron chi connectivity index (χ4n) is 2.23. The Morgan fingerprint density at radius 1 is 0.964 bits per heavy atom. The summed E-state index contributed by atoms with van der Waals surface area (Å²) < 4.78 is 20.6. The predicted octanol–water partition coefficient (Wildman–Crippen LogP) is 2.59. The van der Waals surface area contributed by atoms with E-state index in [1.54, 1.807) is 41.5 Å². The Labute approximate surface area is 165 Å². The molecule has 0 aliphatic carbocycles. The maximum absolute atomic E-state index is 12.4. The van der Waals surface area contributed by atoms with Crippen molar-refractivity contribution in [3.8, 4) is 5.75 Å². The molecule has 0 amide bonds. The number of esters is 3. The van der Waals surface area contributed by atoms with E-state index >= 15 is 0 Å². The quantitative estimate of drug-likeness (QED) is 0.338. The molecule has 0 fully saturated rings. The standard InChI is InChI=1S/C20H29NO7/c1-19(2,3)27-15(22)11-26-14-9-8-12(10-13(14)21)16(17(23)25-7)18(24)28-20(4,5)6/h8-10,16H,11,21H2,1-7H3. The lowest BCUT2D eigenvalue weighted by Gasteiger charge is -2.23. The molecule has 0 saturated heterocycles. The van der Waals surface area contributed by atoms with Crippen molar-refractivity contribution < 1.29 is 33.3 Å². The van der Waals surface area contributed by atoms with Crippen molar-refractivity contribution in [2.45, 2.75) is 58.7 Å². The van der Waals surface area contributed by atoms with Crippen LogP contribution in [0, 0.1) is 0 Å². The highest BCUT2D eigenvalue weighted by molar-refractivity contribution is 6.01. The third-order valence-electron chi connectivity index (χ3n) is 3.21. The van der Waals surface area contributed by atoms with Crippen molar-refractivity contribution in [2.75, 3.05) is 19.5 Å². The van der Waals surface area contributed by atoms with Crippen LogP contribution in [0.15, 0.2) is 18.2 Å². The van der Waals surface area contributed by atoms with Crippen molar-refractivity contribution >= 4 is 23.6 Å². The van der Waals surface area contributed by atoms with Gasteiger partial charge in [-0.3, -0.25) is 9.59 Å². The fourth-order valence-corrected chi connectivity index (χ4v) is 2.23. The molecule has 1 unspecified atom stereocenters. The van der Waals surface area contributed by atoms with Gasteiger partial charge in [0.05, 0.1) is 12.8 Å². The summed E-state index contributed by atoms with van der Waals surface area (Å²) in [4.78, 5) is 36.3. The van der Waals surface area contributed by atoms with Crippen LogP contribution in [0.2, 0.25) is 0 Å². The third-order valence-corrected chi connectivity index (χ3v) is 3.21. The van der Waals surface area contributed by atoms with Gasteiger partial charge in [-0.05, 0) is 59.2 Å². The van der Waals surface area contributed by atoms with E-state index in [2.05, 4.69) is 0 Å². The molecule has 1 aromatic rings. The first-order valence-electron chi connectivity index (χ1n) is 8.78. The molecule has 1 rings (SSSR count). The highest BCUT2D eigenvalue weighted by Gasteiger charge is 2.34. The van der Waals surface area contributed by atoms with Gasteiger partial charge in [0.15, 0.2) is 12.5 Å². The zero-order valence-corrected chi connectivity index (χ0v) is 17.5. The molecule has 0 aliphatic heterocycles. The molecule has 1 atom stereocenters. The molecule has 0 bridgehead atoms. The van der Waals surface area contributed by atoms with Crippen molar-refractivity contribution in [2.24, 2.45) is 0 Å². The summed E-state index contributed by atoms with van der Waals surface area (Å²) in [5.74, 6) is -3.12. The van der Waals surface area contributed by atoms with Crippen molar-refractivity contribution in [1.29, 1.82) is 0 Å². The number of carbonyl (C=O) groups excluding carboxylic acids is 3. The van der Waals surface area contributed by atoms with E-state index in [1.807, 2.05) is 0 Å². The Morgan fingerprint density at radius 3 is 2.00 bits per heavy atom. The summed E-state index contributed by atoms with van der Waals surface area (Å²) in [6.07, 6.45) is 0. The van der Waals surface area contributed by atoms with Crippen molar-refractivity contribution in [3.05, 3.63) is 23.8 Å². The largest absolute Gasteiger partial charge is 0.480 e. The molecule has 28 heavy (non-hydrogen) atoms. The number of carbonyl (C=O) groups is 3. The first-order chi connectivity index (χ1) is 12.7. The second-order valence-corrected chi connectivity index (χ2v) is 8.16. The van der Waals surface area contributed by atoms with Gasteiger partial charge < -0.3 is 24.7 Å². The average molecular weight is 395 g/mol. The SMILES string of the molecule is COC(=O)C(C(=O)OC(C)(C)C)c1ccc(OCC(=O)OC(C)(C)C)c(N)c1. The zero-order chi connectivity index (χ0) is 21.7. The van der Waals surface area contributed by atoms with Crippen LogP contribution in [0.1, 0.15) is 53.0 Å². The van der Waals surface area contributed by atoms with Gasteiger partial charge in [-0.15, -0.1) is 0 Å². The highest BCUT2D eigenvalue weighted by atomic mass is 16.6. The van der Waals surface area contributed by atoms with Crippen LogP contribution in [-0.4, -0.2) is 42.8 Å². The summed E-state index contributed by atoms with van der Waals surface area (Å²) >= 11 is 0. The number of nitrogens with two attached hydrogens (primary N) is 1. The van der Waals surface area contributed by atoms with Crippen molar-refractivity contribution in [3.63, 3.8) is 0 Å². The molecule has 8 nitrogen and oxygen atoms in total. The molecule has 0 aliphatic rings. The number of ether oxygens (including phenoxy) is 4. The Hall–Kier alpha value is -2.77. The fraction of sp³-hybridized carbons (Fsp3) is 0.550. The number of benzene rings is 1. The molecule has 1 aromatic carbocycles. The molecule has 0 saturated carbocycles. The Balaban J connectivity index is 2.99. The van der Waals surface area contributed by atoms with E-state index in [4.69, 9.17) is 24.7 Å². The predicted molar refractivity (Wildman–Crippen MR) is 103 cm³/mol. The summed E-state index contributed by atoms with van der Waals surface area (Å²) in [6.45, 7) is 10.0. The van der Waals surface area contributed by atoms with E-state index in [1.165, 1.54) is 25.3 Å². The van der Waals surface area contributed by atoms with Crippen LogP contribution in [-0.2, 0) is 28.6 Å². The van der Waals surface area contributed by atoms with Crippen LogP contribution in [0.5, 0.6) is 5.75 Å². The monoisotopic (exact) mass is 395 g/mol. The van der Waals surface area contributed by atoms with Gasteiger partial charge in [-0.25, -0.2) is 4.79 Å². The number of nitrogen functional groups attached to an aromatic ring is 1. The topological polar surface area (TPSA) is 114 Å². The summed E-state index contributed by atoms with van der Waals surface area (Å²) in [6, 6.07) is 4.37. The second-order valence-electron chi connectivity index (χ2n) is 8.16. The number of rotatable bonds is 6. The Morgan fingerprint density at radius 2 is 1.54 bits per heavy atom. The highest BCUT2D eigenvalue weighted by Crippen LogP contribution is 2.29. The van der Waals surface area contributed by atoms with Crippen molar-refractivity contribution in [1.82, 2.24) is 0 Å². The normalized spacial score (nSPS) is 12.7. The second kappa shape index (κ2) is 8.95. The molecule has 0 heterocycles. The minimum Gasteiger partial charge on any atom is -0.480 e. The molecule has 0 aromatic heterocycles. The van der Waals surface area contributed by atoms with Crippen LogP contribution in [0.25, 0.3) is 0 Å². The van der Waals surface area contributed by atoms with Gasteiger partial charge in [0.25, 0.3) is 0 Å². The molecule has 0 spiro atoms. The van der Waals surface area contributed by atoms with Gasteiger partial charge in [0.2, 0.25) is 0 Å². The summed E-state index contributed by atoms with van der Waals surface area (Å²) in [5.41, 5.74) is 5.01. The van der Waals surface area contributed by atoms with Crippen LogP contribution in [0.4, 0.5) is 5.69 Å². The van der Waals surface area contributed by atoms with E-state index < -0.39 is 35.0 Å². The molecule has 0 radical (unpaired) electrons. The minimum atomic E-state index is -1.29. The van der Waals surface area contributed by atoms with Crippen LogP contribution < -0.4 is 10.5 Å². The molecule has 2 N–H and O–H groups in total. The molecular weight excluding hydrogens is 366 g/mol. The minimum absolute atomic E-state index is 0.151. The summed E-state index contributed by atoms with van der Waals surface area (Å²) in [7, 11) is 1.18. The molecule has 8 heteroatoms. The third kappa shape index (κ3) is 7.46. The van der Waals surface area contributed by atoms with E-state index in [9.17, 15) is 14.4 Å². The van der Waals surface area contributed by atoms with Gasteiger partial charge in [0, 0.05) is 0 Å². The summed E-state index contributed by atoms with van der Waals surface area (Å²) in [5, 5.41) is 0. The van der Waals surface area contributed by atoms with Gasteiger partial charge in [-0.2, -0.15) is 0 Å². The first kappa shape index (κ1) is 23.3. The number of methoxy groups -OCH3 is 1. The maximum Gasteiger partial charge on any atom is 0.344 e. The lowest BCUT2D eigenvalue weighted by molar-refractivity contribution is -0.163. The van der Waals surface area contributed by atoms with E-state index in [-0.39, 0.29) is 18.0 Å². The zero-order valence-electron chi connectivity index (χ0n) is 17.5. The molecule has 156 valence electrons. The Bertz CT molecular complexity index is 729. The number of hydrogen-bond donors (Lipinski definition) is 1. The lowest BCUT2D eigenvalue weighted by atomic mass is 9.98. The average Bonchev–Trinajstić information content (AvgIpc) is 2.50. The molecular formula is C20H29NO7. The maximum atomic E-state index is 12.4. The lowest BCUT2D eigenvalue weighted by Crippen LogP contribution is -2.32. The van der Waals surface area contributed by atoms with E-state index in [0.29, 0.717) is 5.56 Å². The van der Waals surface area contributed by atoms with Gasteiger partial charge in [-0.1, -0.05) is 6.07 Å². The van der Waals surface area contributed by atoms with E-state index in [0.717, 1.165) is 0 Å². The smallest absolute Gasteiger partial charge is 0.344 e. The first-order valence-corrected chi connectivity index (χ1v) is 8.78. The van der Waals surface area contributed by atoms with Crippen LogP contribution in [0.3, 0.4) is 0 Å². The van der Waals surface area contributed by atoms with Crippen LogP contribution >= 0.6 is 0 Å². The van der Waals surface area contributed by atoms with Gasteiger partial charge >= 0.3 is 17.9 Å². The van der Waals surface area contributed by atoms with Gasteiger partial charge in [0.1, 0.15) is 17.0 Å². The Kier molecular flexibility index (Phi) is 7.43. The number of anilines is 1.